The fourth-order valence-corrected chi connectivity index (χ4v) is 2.99. The van der Waals surface area contributed by atoms with Gasteiger partial charge in [0.15, 0.2) is 0 Å². The largest absolute Gasteiger partial charge is 0.228 e. The van der Waals surface area contributed by atoms with E-state index in [0.29, 0.717) is 0 Å². The molecule has 0 amide bonds. The lowest BCUT2D eigenvalue weighted by Gasteiger charge is -1.95. The van der Waals surface area contributed by atoms with Crippen LogP contribution in [-0.2, 0) is 0 Å². The molecule has 14 heavy (non-hydrogen) atoms. The number of nitrogens with zero attached hydrogens (tertiary/aromatic N) is 1. The molecule has 1 aromatic heterocycles. The van der Waals surface area contributed by atoms with E-state index in [1.54, 1.807) is 11.3 Å². The van der Waals surface area contributed by atoms with Crippen LogP contribution >= 0.6 is 54.8 Å². The van der Waals surface area contributed by atoms with Gasteiger partial charge >= 0.3 is 0 Å². The van der Waals surface area contributed by atoms with Crippen LogP contribution in [0.5, 0.6) is 0 Å². The maximum atomic E-state index is 5.89. The minimum Gasteiger partial charge on any atom is -0.228 e. The zero-order valence-corrected chi connectivity index (χ0v) is 11.5. The van der Waals surface area contributed by atoms with Gasteiger partial charge in [-0.05, 0) is 44.0 Å². The lowest BCUT2D eigenvalue weighted by atomic mass is 10.2. The minimum absolute atomic E-state index is 0.727. The number of aromatic nitrogens is 1. The summed E-state index contributed by atoms with van der Waals surface area (Å²) in [6.07, 6.45) is 0. The number of hydrogen-bond donors (Lipinski definition) is 0. The third-order valence-electron chi connectivity index (χ3n) is 1.62. The summed E-state index contributed by atoms with van der Waals surface area (Å²) in [7, 11) is 0. The molecule has 0 N–H and O–H groups in total. The first kappa shape index (κ1) is 10.6. The van der Waals surface area contributed by atoms with Gasteiger partial charge in [-0.3, -0.25) is 0 Å². The summed E-state index contributed by atoms with van der Waals surface area (Å²) < 4.78 is 1.82. The molecule has 1 heterocycles. The minimum atomic E-state index is 0.727. The third-order valence-corrected chi connectivity index (χ3v) is 4.98. The molecule has 5 heteroatoms. The van der Waals surface area contributed by atoms with Crippen molar-refractivity contribution in [2.75, 3.05) is 0 Å². The SMILES string of the molecule is Clc1cccc(-c2nc(Br)c(Br)s2)c1. The van der Waals surface area contributed by atoms with Crippen molar-refractivity contribution in [3.63, 3.8) is 0 Å². The highest BCUT2D eigenvalue weighted by Gasteiger charge is 2.07. The first-order chi connectivity index (χ1) is 6.66. The van der Waals surface area contributed by atoms with Crippen LogP contribution in [0.2, 0.25) is 5.02 Å². The second kappa shape index (κ2) is 4.31. The number of thiazole rings is 1. The summed E-state index contributed by atoms with van der Waals surface area (Å²) in [6, 6.07) is 7.66. The molecule has 0 aliphatic heterocycles. The summed E-state index contributed by atoms with van der Waals surface area (Å²) >= 11 is 14.2. The van der Waals surface area contributed by atoms with Crippen LogP contribution < -0.4 is 0 Å². The molecule has 2 rings (SSSR count). The molecular weight excluding hydrogens is 349 g/mol. The molecule has 0 aliphatic carbocycles. The van der Waals surface area contributed by atoms with Crippen LogP contribution in [0.4, 0.5) is 0 Å². The van der Waals surface area contributed by atoms with Crippen molar-refractivity contribution < 1.29 is 0 Å². The van der Waals surface area contributed by atoms with Crippen LogP contribution in [0.15, 0.2) is 32.7 Å². The first-order valence-electron chi connectivity index (χ1n) is 3.74. The monoisotopic (exact) mass is 351 g/mol. The average Bonchev–Trinajstić information content (AvgIpc) is 2.47. The van der Waals surface area contributed by atoms with Gasteiger partial charge in [0.2, 0.25) is 0 Å². The van der Waals surface area contributed by atoms with E-state index < -0.39 is 0 Å². The molecule has 72 valence electrons. The molecule has 0 atom stereocenters. The van der Waals surface area contributed by atoms with Gasteiger partial charge in [-0.1, -0.05) is 23.7 Å². The van der Waals surface area contributed by atoms with E-state index in [-0.39, 0.29) is 0 Å². The molecule has 0 unspecified atom stereocenters. The molecule has 1 aromatic carbocycles. The van der Waals surface area contributed by atoms with Crippen molar-refractivity contribution in [3.05, 3.63) is 37.7 Å². The Kier molecular flexibility index (Phi) is 3.27. The molecule has 0 spiro atoms. The first-order valence-corrected chi connectivity index (χ1v) is 6.52. The fraction of sp³-hybridized carbons (Fsp3) is 0. The summed E-state index contributed by atoms with van der Waals surface area (Å²) in [5.74, 6) is 0. The lowest BCUT2D eigenvalue weighted by Crippen LogP contribution is -1.74. The molecule has 0 saturated carbocycles. The van der Waals surface area contributed by atoms with Gasteiger partial charge < -0.3 is 0 Å². The predicted octanol–water partition coefficient (Wildman–Crippen LogP) is 4.99. The Morgan fingerprint density at radius 2 is 2.07 bits per heavy atom. The van der Waals surface area contributed by atoms with Gasteiger partial charge in [0.25, 0.3) is 0 Å². The van der Waals surface area contributed by atoms with Gasteiger partial charge in [0, 0.05) is 10.6 Å². The Balaban J connectivity index is 2.49. The Labute approximate surface area is 107 Å². The zero-order valence-electron chi connectivity index (χ0n) is 6.80. The van der Waals surface area contributed by atoms with Crippen LogP contribution in [0.25, 0.3) is 10.6 Å². The van der Waals surface area contributed by atoms with Crippen molar-refractivity contribution in [2.24, 2.45) is 0 Å². The number of benzene rings is 1. The summed E-state index contributed by atoms with van der Waals surface area (Å²) in [4.78, 5) is 4.35. The van der Waals surface area contributed by atoms with Gasteiger partial charge in [0.05, 0.1) is 0 Å². The van der Waals surface area contributed by atoms with Gasteiger partial charge in [0.1, 0.15) is 13.4 Å². The van der Waals surface area contributed by atoms with E-state index in [0.717, 1.165) is 24.0 Å². The van der Waals surface area contributed by atoms with Gasteiger partial charge in [-0.25, -0.2) is 4.98 Å². The number of hydrogen-bond acceptors (Lipinski definition) is 2. The highest BCUT2D eigenvalue weighted by atomic mass is 79.9. The molecule has 0 radical (unpaired) electrons. The van der Waals surface area contributed by atoms with E-state index in [9.17, 15) is 0 Å². The van der Waals surface area contributed by atoms with Crippen molar-refractivity contribution in [2.45, 2.75) is 0 Å². The normalized spacial score (nSPS) is 10.5. The summed E-state index contributed by atoms with van der Waals surface area (Å²) in [5, 5.41) is 1.68. The summed E-state index contributed by atoms with van der Waals surface area (Å²) in [5.41, 5.74) is 1.04. The van der Waals surface area contributed by atoms with Crippen molar-refractivity contribution in [1.82, 2.24) is 4.98 Å². The molecule has 0 fully saturated rings. The highest BCUT2D eigenvalue weighted by molar-refractivity contribution is 9.13. The molecular formula is C9H4Br2ClNS. The van der Waals surface area contributed by atoms with Crippen molar-refractivity contribution >= 4 is 54.8 Å². The zero-order chi connectivity index (χ0) is 10.1. The van der Waals surface area contributed by atoms with Gasteiger partial charge in [-0.2, -0.15) is 0 Å². The molecule has 2 aromatic rings. The van der Waals surface area contributed by atoms with E-state index in [1.165, 1.54) is 0 Å². The van der Waals surface area contributed by atoms with E-state index in [2.05, 4.69) is 36.8 Å². The Bertz CT molecular complexity index is 450. The highest BCUT2D eigenvalue weighted by Crippen LogP contribution is 2.35. The van der Waals surface area contributed by atoms with Gasteiger partial charge in [-0.15, -0.1) is 11.3 Å². The number of halogens is 3. The second-order valence-electron chi connectivity index (χ2n) is 2.59. The van der Waals surface area contributed by atoms with Crippen LogP contribution in [0, 0.1) is 0 Å². The fourth-order valence-electron chi connectivity index (χ4n) is 1.03. The summed E-state index contributed by atoms with van der Waals surface area (Å²) in [6.45, 7) is 0. The van der Waals surface area contributed by atoms with E-state index in [4.69, 9.17) is 11.6 Å². The lowest BCUT2D eigenvalue weighted by molar-refractivity contribution is 1.35. The maximum absolute atomic E-state index is 5.89. The maximum Gasteiger partial charge on any atom is 0.132 e. The quantitative estimate of drug-likeness (QED) is 0.704. The predicted molar refractivity (Wildman–Crippen MR) is 68.0 cm³/mol. The number of rotatable bonds is 1. The van der Waals surface area contributed by atoms with Crippen molar-refractivity contribution in [3.8, 4) is 10.6 Å². The van der Waals surface area contributed by atoms with E-state index >= 15 is 0 Å². The standard InChI is InChI=1S/C9H4Br2ClNS/c10-7-8(11)14-9(13-7)5-2-1-3-6(12)4-5/h1-4H. The molecule has 0 saturated heterocycles. The Hall–Kier alpha value is 0.1000. The van der Waals surface area contributed by atoms with Crippen molar-refractivity contribution in [1.29, 1.82) is 0 Å². The Morgan fingerprint density at radius 1 is 1.29 bits per heavy atom. The van der Waals surface area contributed by atoms with Crippen LogP contribution in [-0.4, -0.2) is 4.98 Å². The van der Waals surface area contributed by atoms with Crippen LogP contribution in [0.1, 0.15) is 0 Å². The molecule has 1 nitrogen and oxygen atoms in total. The van der Waals surface area contributed by atoms with E-state index in [1.807, 2.05) is 24.3 Å². The topological polar surface area (TPSA) is 12.9 Å². The Morgan fingerprint density at radius 3 is 2.64 bits per heavy atom. The smallest absolute Gasteiger partial charge is 0.132 e. The van der Waals surface area contributed by atoms with Crippen LogP contribution in [0.3, 0.4) is 0 Å². The third kappa shape index (κ3) is 2.19. The second-order valence-corrected chi connectivity index (χ2v) is 6.10. The molecule has 0 aliphatic rings. The molecule has 0 bridgehead atoms. The average molecular weight is 353 g/mol.